The number of hydrogen-bond acceptors (Lipinski definition) is 4. The van der Waals surface area contributed by atoms with E-state index in [1.165, 1.54) is 14.0 Å². The molecule has 0 aromatic carbocycles. The summed E-state index contributed by atoms with van der Waals surface area (Å²) in [6.45, 7) is 1.45. The highest BCUT2D eigenvalue weighted by atomic mass is 19.3. The second kappa shape index (κ2) is 4.98. The van der Waals surface area contributed by atoms with Crippen LogP contribution in [-0.4, -0.2) is 18.1 Å². The van der Waals surface area contributed by atoms with Crippen molar-refractivity contribution in [2.75, 3.05) is 7.11 Å². The lowest BCUT2D eigenvalue weighted by Gasteiger charge is -2.11. The molecule has 1 aromatic rings. The summed E-state index contributed by atoms with van der Waals surface area (Å²) in [5.74, 6) is -0.619. The number of pyridine rings is 1. The number of methoxy groups -OCH3 is 1. The van der Waals surface area contributed by atoms with Crippen molar-refractivity contribution in [3.05, 3.63) is 28.6 Å². The zero-order valence-corrected chi connectivity index (χ0v) is 8.96. The van der Waals surface area contributed by atoms with Crippen molar-refractivity contribution < 1.29 is 18.3 Å². The number of ether oxygens (including phenoxy) is 1. The number of carbonyl (C=O) groups is 1. The van der Waals surface area contributed by atoms with Crippen molar-refractivity contribution in [3.63, 3.8) is 0 Å². The molecule has 88 valence electrons. The lowest BCUT2D eigenvalue weighted by molar-refractivity contribution is 0.0597. The zero-order valence-electron chi connectivity index (χ0n) is 8.96. The molecule has 4 nitrogen and oxygen atoms in total. The monoisotopic (exact) mass is 230 g/mol. The third-order valence-electron chi connectivity index (χ3n) is 2.13. The summed E-state index contributed by atoms with van der Waals surface area (Å²) in [6.07, 6.45) is -2.68. The zero-order chi connectivity index (χ0) is 12.3. The van der Waals surface area contributed by atoms with Crippen LogP contribution in [0.5, 0.6) is 0 Å². The maximum Gasteiger partial charge on any atom is 0.340 e. The van der Waals surface area contributed by atoms with E-state index in [9.17, 15) is 13.6 Å². The quantitative estimate of drug-likeness (QED) is 0.800. The minimum absolute atomic E-state index is 0.0203. The molecule has 0 amide bonds. The molecule has 0 aliphatic rings. The van der Waals surface area contributed by atoms with Crippen molar-refractivity contribution in [3.8, 4) is 0 Å². The fraction of sp³-hybridized carbons (Fsp3) is 0.400. The summed E-state index contributed by atoms with van der Waals surface area (Å²) in [7, 11) is 1.21. The fourth-order valence-electron chi connectivity index (χ4n) is 1.42. The van der Waals surface area contributed by atoms with Gasteiger partial charge in [-0.2, -0.15) is 0 Å². The van der Waals surface area contributed by atoms with Crippen molar-refractivity contribution in [2.45, 2.75) is 19.9 Å². The van der Waals surface area contributed by atoms with E-state index >= 15 is 0 Å². The highest BCUT2D eigenvalue weighted by molar-refractivity contribution is 5.92. The number of alkyl halides is 2. The molecule has 0 saturated carbocycles. The molecule has 0 fully saturated rings. The van der Waals surface area contributed by atoms with Crippen LogP contribution in [0.15, 0.2) is 6.07 Å². The molecule has 1 heterocycles. The number of aromatic nitrogens is 1. The molecule has 1 rings (SSSR count). The lowest BCUT2D eigenvalue weighted by atomic mass is 10.1. The van der Waals surface area contributed by atoms with Crippen LogP contribution in [0, 0.1) is 6.92 Å². The molecule has 0 radical (unpaired) electrons. The van der Waals surface area contributed by atoms with Crippen molar-refractivity contribution in [2.24, 2.45) is 5.73 Å². The molecule has 0 saturated heterocycles. The van der Waals surface area contributed by atoms with Crippen molar-refractivity contribution in [1.29, 1.82) is 0 Å². The topological polar surface area (TPSA) is 65.2 Å². The van der Waals surface area contributed by atoms with Gasteiger partial charge < -0.3 is 10.5 Å². The largest absolute Gasteiger partial charge is 0.465 e. The lowest BCUT2D eigenvalue weighted by Crippen LogP contribution is -2.14. The van der Waals surface area contributed by atoms with E-state index < -0.39 is 12.4 Å². The summed E-state index contributed by atoms with van der Waals surface area (Å²) in [4.78, 5) is 15.0. The summed E-state index contributed by atoms with van der Waals surface area (Å²) in [6, 6.07) is 1.13. The molecule has 0 aliphatic carbocycles. The Bertz CT molecular complexity index is 408. The Hall–Kier alpha value is -1.56. The van der Waals surface area contributed by atoms with E-state index in [1.807, 2.05) is 0 Å². The van der Waals surface area contributed by atoms with Gasteiger partial charge >= 0.3 is 5.97 Å². The Morgan fingerprint density at radius 1 is 1.62 bits per heavy atom. The summed E-state index contributed by atoms with van der Waals surface area (Å²) in [5.41, 5.74) is 5.69. The Balaban J connectivity index is 3.34. The molecule has 0 aliphatic heterocycles. The van der Waals surface area contributed by atoms with E-state index in [2.05, 4.69) is 9.72 Å². The summed E-state index contributed by atoms with van der Waals surface area (Å²) >= 11 is 0. The SMILES string of the molecule is COC(=O)c1c(CN)cc(C(F)F)nc1C. The Labute approximate surface area is 91.4 Å². The predicted octanol–water partition coefficient (Wildman–Crippen LogP) is 1.57. The number of carbonyl (C=O) groups excluding carboxylic acids is 1. The number of aryl methyl sites for hydroxylation is 1. The first-order valence-electron chi connectivity index (χ1n) is 4.58. The molecule has 16 heavy (non-hydrogen) atoms. The van der Waals surface area contributed by atoms with Gasteiger partial charge in [-0.15, -0.1) is 0 Å². The molecule has 0 unspecified atom stereocenters. The first-order chi connectivity index (χ1) is 7.51. The normalized spacial score (nSPS) is 10.6. The molecule has 2 N–H and O–H groups in total. The molecular weight excluding hydrogens is 218 g/mol. The Kier molecular flexibility index (Phi) is 3.89. The van der Waals surface area contributed by atoms with Gasteiger partial charge in [0.05, 0.1) is 18.4 Å². The van der Waals surface area contributed by atoms with E-state index in [4.69, 9.17) is 5.73 Å². The van der Waals surface area contributed by atoms with Crippen LogP contribution in [0.2, 0.25) is 0 Å². The molecule has 0 bridgehead atoms. The first kappa shape index (κ1) is 12.5. The van der Waals surface area contributed by atoms with Gasteiger partial charge in [0.1, 0.15) is 5.69 Å². The number of esters is 1. The first-order valence-corrected chi connectivity index (χ1v) is 4.58. The Morgan fingerprint density at radius 2 is 2.25 bits per heavy atom. The molecule has 1 aromatic heterocycles. The predicted molar refractivity (Wildman–Crippen MR) is 53.2 cm³/mol. The number of hydrogen-bond donors (Lipinski definition) is 1. The smallest absolute Gasteiger partial charge is 0.340 e. The van der Waals surface area contributed by atoms with E-state index in [-0.39, 0.29) is 23.5 Å². The van der Waals surface area contributed by atoms with Crippen LogP contribution in [0.25, 0.3) is 0 Å². The standard InChI is InChI=1S/C10H12F2N2O2/c1-5-8(10(15)16-2)6(4-13)3-7(14-5)9(11)12/h3,9H,4,13H2,1-2H3. The van der Waals surface area contributed by atoms with Gasteiger partial charge in [0.25, 0.3) is 6.43 Å². The van der Waals surface area contributed by atoms with E-state index in [1.54, 1.807) is 0 Å². The molecule has 0 spiro atoms. The van der Waals surface area contributed by atoms with Crippen LogP contribution in [0.4, 0.5) is 8.78 Å². The van der Waals surface area contributed by atoms with Crippen LogP contribution < -0.4 is 5.73 Å². The number of nitrogens with two attached hydrogens (primary N) is 1. The fourth-order valence-corrected chi connectivity index (χ4v) is 1.42. The Morgan fingerprint density at radius 3 is 2.69 bits per heavy atom. The third kappa shape index (κ3) is 2.33. The van der Waals surface area contributed by atoms with E-state index in [0.29, 0.717) is 5.56 Å². The minimum Gasteiger partial charge on any atom is -0.465 e. The van der Waals surface area contributed by atoms with Gasteiger partial charge in [0, 0.05) is 6.54 Å². The van der Waals surface area contributed by atoms with Gasteiger partial charge in [-0.05, 0) is 18.6 Å². The van der Waals surface area contributed by atoms with Gasteiger partial charge in [0.2, 0.25) is 0 Å². The second-order valence-corrected chi connectivity index (χ2v) is 3.16. The van der Waals surface area contributed by atoms with Crippen molar-refractivity contribution in [1.82, 2.24) is 4.98 Å². The highest BCUT2D eigenvalue weighted by Crippen LogP contribution is 2.22. The van der Waals surface area contributed by atoms with Gasteiger partial charge in [0.15, 0.2) is 0 Å². The molecule has 6 heteroatoms. The maximum atomic E-state index is 12.5. The van der Waals surface area contributed by atoms with Crippen molar-refractivity contribution >= 4 is 5.97 Å². The number of rotatable bonds is 3. The van der Waals surface area contributed by atoms with Crippen LogP contribution in [0.1, 0.15) is 33.7 Å². The third-order valence-corrected chi connectivity index (χ3v) is 2.13. The second-order valence-electron chi connectivity index (χ2n) is 3.16. The van der Waals surface area contributed by atoms with Gasteiger partial charge in [-0.1, -0.05) is 0 Å². The number of nitrogens with zero attached hydrogens (tertiary/aromatic N) is 1. The van der Waals surface area contributed by atoms with Crippen LogP contribution in [0.3, 0.4) is 0 Å². The van der Waals surface area contributed by atoms with Crippen LogP contribution >= 0.6 is 0 Å². The van der Waals surface area contributed by atoms with Crippen LogP contribution in [-0.2, 0) is 11.3 Å². The van der Waals surface area contributed by atoms with Gasteiger partial charge in [-0.3, -0.25) is 4.98 Å². The summed E-state index contributed by atoms with van der Waals surface area (Å²) in [5, 5.41) is 0. The maximum absolute atomic E-state index is 12.5. The minimum atomic E-state index is -2.68. The average molecular weight is 230 g/mol. The van der Waals surface area contributed by atoms with Gasteiger partial charge in [-0.25, -0.2) is 13.6 Å². The highest BCUT2D eigenvalue weighted by Gasteiger charge is 2.19. The average Bonchev–Trinajstić information content (AvgIpc) is 2.26. The molecular formula is C10H12F2N2O2. The van der Waals surface area contributed by atoms with E-state index in [0.717, 1.165) is 6.07 Å². The number of halogens is 2. The summed E-state index contributed by atoms with van der Waals surface area (Å²) < 4.78 is 29.5. The molecule has 0 atom stereocenters.